The van der Waals surface area contributed by atoms with E-state index in [0.29, 0.717) is 35.3 Å². The van der Waals surface area contributed by atoms with E-state index in [1.54, 1.807) is 11.8 Å². The van der Waals surface area contributed by atoms with Gasteiger partial charge in [0.25, 0.3) is 5.91 Å². The lowest BCUT2D eigenvalue weighted by atomic mass is 9.94. The maximum atomic E-state index is 13.6. The molecule has 1 unspecified atom stereocenters. The van der Waals surface area contributed by atoms with Crippen molar-refractivity contribution in [2.45, 2.75) is 26.5 Å². The lowest BCUT2D eigenvalue weighted by Gasteiger charge is -2.29. The summed E-state index contributed by atoms with van der Waals surface area (Å²) < 4.78 is 14.5. The number of allylic oxidation sites excluding steroid dienone is 1. The summed E-state index contributed by atoms with van der Waals surface area (Å²) in [6.07, 6.45) is 1.47. The van der Waals surface area contributed by atoms with Gasteiger partial charge in [-0.1, -0.05) is 52.3 Å². The average molecular weight is 560 g/mol. The van der Waals surface area contributed by atoms with Gasteiger partial charge in [-0.3, -0.25) is 4.79 Å². The molecule has 1 amide bonds. The van der Waals surface area contributed by atoms with Crippen LogP contribution in [0.25, 0.3) is 0 Å². The van der Waals surface area contributed by atoms with Crippen LogP contribution >= 0.6 is 15.9 Å². The molecular weight excluding hydrogens is 534 g/mol. The average Bonchev–Trinajstić information content (AvgIpc) is 3.37. The number of methoxy groups -OCH3 is 1. The summed E-state index contributed by atoms with van der Waals surface area (Å²) in [5.41, 5.74) is 4.82. The minimum atomic E-state index is -0.516. The minimum absolute atomic E-state index is 0.222. The van der Waals surface area contributed by atoms with Crippen LogP contribution in [0, 0.1) is 6.92 Å². The predicted octanol–water partition coefficient (Wildman–Crippen LogP) is 5.86. The Morgan fingerprint density at radius 1 is 1.08 bits per heavy atom. The Labute approximate surface area is 223 Å². The van der Waals surface area contributed by atoms with Crippen LogP contribution in [-0.4, -0.2) is 27.8 Å². The second-order valence-electron chi connectivity index (χ2n) is 8.69. The van der Waals surface area contributed by atoms with Crippen LogP contribution in [0.1, 0.15) is 29.7 Å². The SMILES string of the molecule is COc1cc(C2C(C(=O)Nc3ccccc3C)=C(C)Nc3ncnn32)ccc1OCc1ccc(Br)cc1. The zero-order valence-electron chi connectivity index (χ0n) is 20.7. The fourth-order valence-corrected chi connectivity index (χ4v) is 4.58. The highest BCUT2D eigenvalue weighted by molar-refractivity contribution is 9.10. The van der Waals surface area contributed by atoms with Gasteiger partial charge in [0.1, 0.15) is 19.0 Å². The molecule has 0 fully saturated rings. The van der Waals surface area contributed by atoms with Crippen LogP contribution in [0.4, 0.5) is 11.6 Å². The largest absolute Gasteiger partial charge is 0.493 e. The van der Waals surface area contributed by atoms with Gasteiger partial charge in [-0.2, -0.15) is 10.1 Å². The third-order valence-electron chi connectivity index (χ3n) is 6.24. The van der Waals surface area contributed by atoms with Gasteiger partial charge in [0.15, 0.2) is 11.5 Å². The first kappa shape index (κ1) is 24.6. The van der Waals surface area contributed by atoms with Crippen LogP contribution in [0.2, 0.25) is 0 Å². The molecule has 1 atom stereocenters. The first-order valence-electron chi connectivity index (χ1n) is 11.7. The molecule has 1 aliphatic rings. The Kier molecular flexibility index (Phi) is 6.96. The Morgan fingerprint density at radius 2 is 1.86 bits per heavy atom. The van der Waals surface area contributed by atoms with E-state index in [1.807, 2.05) is 80.6 Å². The quantitative estimate of drug-likeness (QED) is 0.294. The molecule has 1 aliphatic heterocycles. The van der Waals surface area contributed by atoms with Gasteiger partial charge < -0.3 is 20.1 Å². The number of aryl methyl sites for hydroxylation is 1. The highest BCUT2D eigenvalue weighted by Gasteiger charge is 2.34. The molecule has 0 spiro atoms. The number of amides is 1. The lowest BCUT2D eigenvalue weighted by Crippen LogP contribution is -2.31. The third kappa shape index (κ3) is 5.08. The number of hydrogen-bond acceptors (Lipinski definition) is 6. The Balaban J connectivity index is 1.47. The molecule has 0 radical (unpaired) electrons. The number of para-hydroxylation sites is 1. The van der Waals surface area contributed by atoms with Gasteiger partial charge in [-0.25, -0.2) is 4.68 Å². The number of rotatable bonds is 7. The molecule has 37 heavy (non-hydrogen) atoms. The molecule has 188 valence electrons. The van der Waals surface area contributed by atoms with Gasteiger partial charge in [-0.05, 0) is 60.9 Å². The van der Waals surface area contributed by atoms with E-state index in [-0.39, 0.29) is 5.91 Å². The van der Waals surface area contributed by atoms with Crippen LogP contribution in [0.15, 0.2) is 88.8 Å². The van der Waals surface area contributed by atoms with Gasteiger partial charge in [0.05, 0.1) is 12.7 Å². The molecule has 2 heterocycles. The third-order valence-corrected chi connectivity index (χ3v) is 6.77. The first-order valence-corrected chi connectivity index (χ1v) is 12.5. The second-order valence-corrected chi connectivity index (χ2v) is 9.60. The number of aromatic nitrogens is 3. The number of nitrogens with zero attached hydrogens (tertiary/aromatic N) is 3. The number of halogens is 1. The number of anilines is 2. The first-order chi connectivity index (χ1) is 17.9. The fourth-order valence-electron chi connectivity index (χ4n) is 4.31. The van der Waals surface area contributed by atoms with Crippen LogP contribution in [-0.2, 0) is 11.4 Å². The molecule has 4 aromatic rings. The van der Waals surface area contributed by atoms with Crippen molar-refractivity contribution in [1.82, 2.24) is 14.8 Å². The van der Waals surface area contributed by atoms with Crippen LogP contribution in [0.5, 0.6) is 11.5 Å². The topological polar surface area (TPSA) is 90.3 Å². The normalized spacial score (nSPS) is 14.5. The summed E-state index contributed by atoms with van der Waals surface area (Å²) >= 11 is 3.45. The summed E-state index contributed by atoms with van der Waals surface area (Å²) in [7, 11) is 1.60. The van der Waals surface area contributed by atoms with E-state index >= 15 is 0 Å². The van der Waals surface area contributed by atoms with E-state index < -0.39 is 6.04 Å². The zero-order valence-corrected chi connectivity index (χ0v) is 22.2. The number of hydrogen-bond donors (Lipinski definition) is 2. The summed E-state index contributed by atoms with van der Waals surface area (Å²) in [5.74, 6) is 1.50. The van der Waals surface area contributed by atoms with Gasteiger partial charge >= 0.3 is 0 Å². The number of carbonyl (C=O) groups is 1. The van der Waals surface area contributed by atoms with Crippen molar-refractivity contribution < 1.29 is 14.3 Å². The summed E-state index contributed by atoms with van der Waals surface area (Å²) in [4.78, 5) is 17.9. The van der Waals surface area contributed by atoms with Crippen molar-refractivity contribution in [3.8, 4) is 11.5 Å². The molecule has 0 saturated heterocycles. The summed E-state index contributed by atoms with van der Waals surface area (Å²) in [5, 5.41) is 10.7. The summed E-state index contributed by atoms with van der Waals surface area (Å²) in [6.45, 7) is 4.22. The van der Waals surface area contributed by atoms with Gasteiger partial charge in [-0.15, -0.1) is 0 Å². The number of benzene rings is 3. The smallest absolute Gasteiger partial charge is 0.255 e. The number of fused-ring (bicyclic) bond motifs is 1. The Morgan fingerprint density at radius 3 is 2.62 bits per heavy atom. The lowest BCUT2D eigenvalue weighted by molar-refractivity contribution is -0.113. The van der Waals surface area contributed by atoms with Crippen molar-refractivity contribution in [1.29, 1.82) is 0 Å². The maximum absolute atomic E-state index is 13.6. The van der Waals surface area contributed by atoms with E-state index in [4.69, 9.17) is 9.47 Å². The van der Waals surface area contributed by atoms with Crippen molar-refractivity contribution in [2.75, 3.05) is 17.7 Å². The predicted molar refractivity (Wildman–Crippen MR) is 146 cm³/mol. The zero-order chi connectivity index (χ0) is 25.9. The highest BCUT2D eigenvalue weighted by atomic mass is 79.9. The second kappa shape index (κ2) is 10.5. The van der Waals surface area contributed by atoms with E-state index in [9.17, 15) is 4.79 Å². The van der Waals surface area contributed by atoms with Gasteiger partial charge in [0, 0.05) is 15.9 Å². The van der Waals surface area contributed by atoms with Crippen LogP contribution < -0.4 is 20.1 Å². The minimum Gasteiger partial charge on any atom is -0.493 e. The molecule has 0 aliphatic carbocycles. The van der Waals surface area contributed by atoms with Gasteiger partial charge in [0.2, 0.25) is 5.95 Å². The Hall–Kier alpha value is -4.11. The van der Waals surface area contributed by atoms with Crippen molar-refractivity contribution >= 4 is 33.5 Å². The van der Waals surface area contributed by atoms with Crippen molar-refractivity contribution in [2.24, 2.45) is 0 Å². The molecule has 0 bridgehead atoms. The van der Waals surface area contributed by atoms with E-state index in [0.717, 1.165) is 26.9 Å². The molecule has 1 aromatic heterocycles. The number of carbonyl (C=O) groups excluding carboxylic acids is 1. The maximum Gasteiger partial charge on any atom is 0.255 e. The molecule has 9 heteroatoms. The molecule has 5 rings (SSSR count). The number of nitrogens with one attached hydrogen (secondary N) is 2. The van der Waals surface area contributed by atoms with E-state index in [2.05, 4.69) is 36.6 Å². The molecule has 3 aromatic carbocycles. The molecular formula is C28H26BrN5O3. The standard InChI is InChI=1S/C28H26BrN5O3/c1-17-6-4-5-7-22(17)33-27(35)25-18(2)32-28-30-16-31-34(28)26(25)20-10-13-23(24(14-20)36-3)37-15-19-8-11-21(29)12-9-19/h4-14,16,26H,15H2,1-3H3,(H,33,35)(H,30,31,32). The molecule has 0 saturated carbocycles. The van der Waals surface area contributed by atoms with Crippen molar-refractivity contribution in [3.05, 3.63) is 105 Å². The molecule has 2 N–H and O–H groups in total. The number of ether oxygens (including phenoxy) is 2. The fraction of sp³-hybridized carbons (Fsp3) is 0.179. The molecule has 8 nitrogen and oxygen atoms in total. The van der Waals surface area contributed by atoms with Crippen LogP contribution in [0.3, 0.4) is 0 Å². The van der Waals surface area contributed by atoms with E-state index in [1.165, 1.54) is 6.33 Å². The monoisotopic (exact) mass is 559 g/mol. The summed E-state index contributed by atoms with van der Waals surface area (Å²) in [6, 6.07) is 20.8. The Bertz CT molecular complexity index is 1480. The van der Waals surface area contributed by atoms with Crippen molar-refractivity contribution in [3.63, 3.8) is 0 Å². The highest BCUT2D eigenvalue weighted by Crippen LogP contribution is 2.39.